The van der Waals surface area contributed by atoms with Crippen LogP contribution in [0.2, 0.25) is 0 Å². The van der Waals surface area contributed by atoms with Crippen molar-refractivity contribution in [1.82, 2.24) is 0 Å². The Kier molecular flexibility index (Phi) is 2.81. The van der Waals surface area contributed by atoms with Gasteiger partial charge >= 0.3 is 0 Å². The summed E-state index contributed by atoms with van der Waals surface area (Å²) in [7, 11) is 0. The van der Waals surface area contributed by atoms with E-state index < -0.39 is 22.2 Å². The fourth-order valence-electron chi connectivity index (χ4n) is 0.159. The van der Waals surface area contributed by atoms with Gasteiger partial charge in [-0.3, -0.25) is 9.35 Å². The van der Waals surface area contributed by atoms with Crippen molar-refractivity contribution < 1.29 is 13.6 Å². The summed E-state index contributed by atoms with van der Waals surface area (Å²) in [5.41, 5.74) is 4.93. The van der Waals surface area contributed by atoms with Gasteiger partial charge < -0.3 is 5.73 Å². The Balaban J connectivity index is 3.84. The number of nitrogens with two attached hydrogens (primary N) is 1. The van der Waals surface area contributed by atoms with Gasteiger partial charge in [0.2, 0.25) is 11.1 Å². The molecule has 0 aliphatic carbocycles. The van der Waals surface area contributed by atoms with Gasteiger partial charge in [0.25, 0.3) is 5.12 Å². The Hall–Kier alpha value is -0.260. The number of hydrogen-bond donors (Lipinski definition) is 2. The first-order valence-electron chi connectivity index (χ1n) is 1.96. The van der Waals surface area contributed by atoms with Crippen LogP contribution in [0.1, 0.15) is 6.92 Å². The molecule has 3 N–H and O–H groups in total. The average Bonchev–Trinajstić information content (AvgIpc) is 1.64. The lowest BCUT2D eigenvalue weighted by atomic mass is 10.4. The first kappa shape index (κ1) is 7.74. The van der Waals surface area contributed by atoms with Gasteiger partial charge in [-0.1, -0.05) is 0 Å². The molecule has 0 aromatic heterocycles. The third-order valence-corrected chi connectivity index (χ3v) is 1.26. The van der Waals surface area contributed by atoms with E-state index in [1.54, 1.807) is 0 Å². The van der Waals surface area contributed by atoms with E-state index in [0.717, 1.165) is 0 Å². The predicted molar refractivity (Wildman–Crippen MR) is 29.4 cm³/mol. The quantitative estimate of drug-likeness (QED) is 0.458. The molecule has 0 spiro atoms. The van der Waals surface area contributed by atoms with Gasteiger partial charge in [0.1, 0.15) is 0 Å². The van der Waals surface area contributed by atoms with Crippen LogP contribution in [0.15, 0.2) is 0 Å². The molecule has 0 amide bonds. The Bertz CT molecular complexity index is 122. The molecule has 5 heteroatoms. The van der Waals surface area contributed by atoms with Crippen LogP contribution in [-0.2, 0) is 15.9 Å². The largest absolute Gasteiger partial charge is 0.321 e. The molecule has 4 nitrogen and oxygen atoms in total. The van der Waals surface area contributed by atoms with Crippen LogP contribution in [0.5, 0.6) is 0 Å². The number of carbonyl (C=O) groups is 1. The lowest BCUT2D eigenvalue weighted by molar-refractivity contribution is -0.112. The summed E-state index contributed by atoms with van der Waals surface area (Å²) in [4.78, 5) is 10.2. The highest BCUT2D eigenvalue weighted by molar-refractivity contribution is 7.95. The second-order valence-electron chi connectivity index (χ2n) is 1.36. The van der Waals surface area contributed by atoms with Crippen LogP contribution in [0, 0.1) is 0 Å². The summed E-state index contributed by atoms with van der Waals surface area (Å²) in [6.07, 6.45) is 0. The molecule has 0 saturated heterocycles. The maximum Gasteiger partial charge on any atom is 0.262 e. The Labute approximate surface area is 49.3 Å². The molecular weight excluding hydrogens is 130 g/mol. The van der Waals surface area contributed by atoms with Crippen LogP contribution in [0.25, 0.3) is 0 Å². The summed E-state index contributed by atoms with van der Waals surface area (Å²) in [6.45, 7) is 1.36. The van der Waals surface area contributed by atoms with Crippen LogP contribution < -0.4 is 5.73 Å². The molecule has 0 heterocycles. The van der Waals surface area contributed by atoms with E-state index in [1.165, 1.54) is 6.92 Å². The predicted octanol–water partition coefficient (Wildman–Crippen LogP) is -0.918. The molecule has 0 rings (SSSR count). The molecule has 0 fully saturated rings. The van der Waals surface area contributed by atoms with E-state index in [4.69, 9.17) is 10.3 Å². The van der Waals surface area contributed by atoms with Crippen molar-refractivity contribution in [2.75, 3.05) is 0 Å². The number of hydrogen-bond acceptors (Lipinski definition) is 3. The highest BCUT2D eigenvalue weighted by atomic mass is 32.2. The minimum absolute atomic E-state index is 0.843. The number of rotatable bonds is 1. The van der Waals surface area contributed by atoms with E-state index in [2.05, 4.69) is 0 Å². The third-order valence-electron chi connectivity index (χ3n) is 0.544. The standard InChI is InChI=1S/C3H7NO3S/c1-2(4)3(5)8(6)7/h2H,4H2,1H3,(H,6,7). The van der Waals surface area contributed by atoms with Crippen molar-refractivity contribution >= 4 is 16.2 Å². The second kappa shape index (κ2) is 2.91. The van der Waals surface area contributed by atoms with Crippen molar-refractivity contribution in [2.24, 2.45) is 5.73 Å². The summed E-state index contributed by atoms with van der Waals surface area (Å²) in [5, 5.41) is -0.843. The van der Waals surface area contributed by atoms with Gasteiger partial charge in [-0.25, -0.2) is 4.21 Å². The smallest absolute Gasteiger partial charge is 0.262 e. The zero-order valence-electron chi connectivity index (χ0n) is 4.33. The highest BCUT2D eigenvalue weighted by Crippen LogP contribution is 1.82. The van der Waals surface area contributed by atoms with Crippen LogP contribution in [0.3, 0.4) is 0 Å². The fraction of sp³-hybridized carbons (Fsp3) is 0.667. The van der Waals surface area contributed by atoms with E-state index >= 15 is 0 Å². The van der Waals surface area contributed by atoms with Gasteiger partial charge in [-0.05, 0) is 6.92 Å². The van der Waals surface area contributed by atoms with Gasteiger partial charge in [0.05, 0.1) is 6.04 Å². The minimum Gasteiger partial charge on any atom is -0.321 e. The number of carbonyl (C=O) groups excluding carboxylic acids is 1. The molecule has 0 bridgehead atoms. The van der Waals surface area contributed by atoms with E-state index in [0.29, 0.717) is 0 Å². The first-order chi connectivity index (χ1) is 3.55. The molecule has 0 aliphatic rings. The minimum atomic E-state index is -2.40. The summed E-state index contributed by atoms with van der Waals surface area (Å²) >= 11 is -2.40. The molecule has 0 aromatic rings. The van der Waals surface area contributed by atoms with Crippen molar-refractivity contribution in [1.29, 1.82) is 0 Å². The topological polar surface area (TPSA) is 80.4 Å². The molecule has 0 radical (unpaired) electrons. The molecule has 8 heavy (non-hydrogen) atoms. The maximum absolute atomic E-state index is 10.2. The lowest BCUT2D eigenvalue weighted by Gasteiger charge is -1.95. The van der Waals surface area contributed by atoms with Crippen molar-refractivity contribution in [3.63, 3.8) is 0 Å². The van der Waals surface area contributed by atoms with Gasteiger partial charge in [0, 0.05) is 0 Å². The highest BCUT2D eigenvalue weighted by Gasteiger charge is 2.12. The van der Waals surface area contributed by atoms with Crippen molar-refractivity contribution in [3.05, 3.63) is 0 Å². The maximum atomic E-state index is 10.2. The Morgan fingerprint density at radius 3 is 2.25 bits per heavy atom. The van der Waals surface area contributed by atoms with E-state index in [1.807, 2.05) is 0 Å². The summed E-state index contributed by atoms with van der Waals surface area (Å²) < 4.78 is 17.9. The molecular formula is C3H7NO3S. The normalized spacial score (nSPS) is 17.4. The Morgan fingerprint density at radius 1 is 1.88 bits per heavy atom. The van der Waals surface area contributed by atoms with Crippen LogP contribution in [0.4, 0.5) is 0 Å². The van der Waals surface area contributed by atoms with Crippen LogP contribution >= 0.6 is 0 Å². The second-order valence-corrected chi connectivity index (χ2v) is 2.26. The monoisotopic (exact) mass is 137 g/mol. The molecule has 2 unspecified atom stereocenters. The summed E-state index contributed by atoms with van der Waals surface area (Å²) in [6, 6.07) is -0.846. The third kappa shape index (κ3) is 2.15. The van der Waals surface area contributed by atoms with Crippen molar-refractivity contribution in [3.8, 4) is 0 Å². The van der Waals surface area contributed by atoms with Gasteiger partial charge in [0.15, 0.2) is 0 Å². The molecule has 0 aliphatic heterocycles. The molecule has 0 saturated carbocycles. The summed E-state index contributed by atoms with van der Waals surface area (Å²) in [5.74, 6) is 0. The zero-order valence-corrected chi connectivity index (χ0v) is 5.14. The van der Waals surface area contributed by atoms with E-state index in [-0.39, 0.29) is 0 Å². The average molecular weight is 137 g/mol. The van der Waals surface area contributed by atoms with Gasteiger partial charge in [-0.2, -0.15) is 0 Å². The van der Waals surface area contributed by atoms with Crippen LogP contribution in [-0.4, -0.2) is 19.9 Å². The molecule has 48 valence electrons. The Morgan fingerprint density at radius 2 is 2.25 bits per heavy atom. The molecule has 0 aromatic carbocycles. The SMILES string of the molecule is CC(N)C(=O)S(=O)O. The zero-order chi connectivity index (χ0) is 6.73. The van der Waals surface area contributed by atoms with E-state index in [9.17, 15) is 9.00 Å². The lowest BCUT2D eigenvalue weighted by Crippen LogP contribution is -2.29. The fourth-order valence-corrected chi connectivity index (χ4v) is 0.477. The van der Waals surface area contributed by atoms with Crippen molar-refractivity contribution in [2.45, 2.75) is 13.0 Å². The first-order valence-corrected chi connectivity index (χ1v) is 3.06. The molecule has 2 atom stereocenters. The van der Waals surface area contributed by atoms with Gasteiger partial charge in [-0.15, -0.1) is 0 Å².